The Hall–Kier alpha value is -1.91. The largest absolute Gasteiger partial charge is 0.440 e. The molecule has 0 radical (unpaired) electrons. The van der Waals surface area contributed by atoms with Gasteiger partial charge in [-0.1, -0.05) is 0 Å². The van der Waals surface area contributed by atoms with Crippen molar-refractivity contribution in [3.05, 3.63) is 24.1 Å². The number of sulfonamides is 1. The lowest BCUT2D eigenvalue weighted by molar-refractivity contribution is 0.548. The van der Waals surface area contributed by atoms with Crippen molar-refractivity contribution in [2.75, 3.05) is 0 Å². The molecule has 2 N–H and O–H groups in total. The summed E-state index contributed by atoms with van der Waals surface area (Å²) in [6, 6.07) is 6.00. The molecular formula is C9H7N3O3S. The third-order valence-corrected chi connectivity index (χ3v) is 2.87. The molecule has 0 spiro atoms. The highest BCUT2D eigenvalue weighted by molar-refractivity contribution is 7.89. The number of aromatic nitrogens is 1. The predicted molar refractivity (Wildman–Crippen MR) is 54.7 cm³/mol. The van der Waals surface area contributed by atoms with Crippen LogP contribution >= 0.6 is 0 Å². The summed E-state index contributed by atoms with van der Waals surface area (Å²) in [7, 11) is -3.74. The lowest BCUT2D eigenvalue weighted by Gasteiger charge is -1.95. The summed E-state index contributed by atoms with van der Waals surface area (Å²) in [4.78, 5) is 3.94. The van der Waals surface area contributed by atoms with E-state index in [0.29, 0.717) is 11.1 Å². The zero-order valence-corrected chi connectivity index (χ0v) is 8.86. The van der Waals surface area contributed by atoms with Crippen LogP contribution in [0.15, 0.2) is 27.5 Å². The van der Waals surface area contributed by atoms with Crippen molar-refractivity contribution < 1.29 is 12.8 Å². The summed E-state index contributed by atoms with van der Waals surface area (Å²) in [5.74, 6) is 0.254. The van der Waals surface area contributed by atoms with Crippen LogP contribution in [0.5, 0.6) is 0 Å². The van der Waals surface area contributed by atoms with Gasteiger partial charge < -0.3 is 4.42 Å². The van der Waals surface area contributed by atoms with E-state index in [1.807, 2.05) is 6.07 Å². The summed E-state index contributed by atoms with van der Waals surface area (Å²) in [6.07, 6.45) is 0.0411. The van der Waals surface area contributed by atoms with Crippen LogP contribution in [0.4, 0.5) is 0 Å². The maximum absolute atomic E-state index is 11.1. The molecule has 0 saturated heterocycles. The van der Waals surface area contributed by atoms with E-state index in [2.05, 4.69) is 4.98 Å². The molecule has 0 aliphatic rings. The SMILES string of the molecule is N#CCc1nc2cc(S(N)(=O)=O)ccc2o1. The van der Waals surface area contributed by atoms with E-state index in [1.54, 1.807) is 0 Å². The van der Waals surface area contributed by atoms with E-state index in [4.69, 9.17) is 14.8 Å². The molecule has 0 fully saturated rings. The van der Waals surface area contributed by atoms with Gasteiger partial charge in [0.25, 0.3) is 0 Å². The van der Waals surface area contributed by atoms with E-state index in [9.17, 15) is 8.42 Å². The molecule has 0 atom stereocenters. The number of hydrogen-bond donors (Lipinski definition) is 1. The van der Waals surface area contributed by atoms with E-state index in [-0.39, 0.29) is 17.2 Å². The van der Waals surface area contributed by atoms with Crippen molar-refractivity contribution in [2.45, 2.75) is 11.3 Å². The predicted octanol–water partition coefficient (Wildman–Crippen LogP) is 0.541. The Morgan fingerprint density at radius 3 is 2.88 bits per heavy atom. The van der Waals surface area contributed by atoms with Gasteiger partial charge in [-0.15, -0.1) is 0 Å². The Balaban J connectivity index is 2.59. The number of hydrogen-bond acceptors (Lipinski definition) is 5. The van der Waals surface area contributed by atoms with Gasteiger partial charge in [-0.3, -0.25) is 0 Å². The van der Waals surface area contributed by atoms with Crippen molar-refractivity contribution in [3.8, 4) is 6.07 Å². The number of nitriles is 1. The maximum atomic E-state index is 11.1. The molecule has 0 aliphatic heterocycles. The number of primary sulfonamides is 1. The summed E-state index contributed by atoms with van der Waals surface area (Å²) in [6.45, 7) is 0. The molecule has 1 aromatic carbocycles. The standard InChI is InChI=1S/C9H7N3O3S/c10-4-3-9-12-7-5-6(16(11,13)14)1-2-8(7)15-9/h1-2,5H,3H2,(H2,11,13,14). The van der Waals surface area contributed by atoms with Crippen LogP contribution in [0.25, 0.3) is 11.1 Å². The van der Waals surface area contributed by atoms with E-state index < -0.39 is 10.0 Å². The minimum atomic E-state index is -3.74. The van der Waals surface area contributed by atoms with Crippen molar-refractivity contribution in [1.29, 1.82) is 5.26 Å². The third-order valence-electron chi connectivity index (χ3n) is 1.96. The average molecular weight is 237 g/mol. The van der Waals surface area contributed by atoms with Crippen LogP contribution in [0.1, 0.15) is 5.89 Å². The van der Waals surface area contributed by atoms with Crippen LogP contribution in [0.3, 0.4) is 0 Å². The smallest absolute Gasteiger partial charge is 0.238 e. The maximum Gasteiger partial charge on any atom is 0.238 e. The molecule has 2 aromatic rings. The normalized spacial score (nSPS) is 11.5. The van der Waals surface area contributed by atoms with Gasteiger partial charge in [0.2, 0.25) is 15.9 Å². The van der Waals surface area contributed by atoms with Gasteiger partial charge in [-0.2, -0.15) is 5.26 Å². The Bertz CT molecular complexity index is 682. The van der Waals surface area contributed by atoms with Crippen LogP contribution in [-0.4, -0.2) is 13.4 Å². The van der Waals surface area contributed by atoms with E-state index in [0.717, 1.165) is 0 Å². The second-order valence-electron chi connectivity index (χ2n) is 3.12. The Morgan fingerprint density at radius 1 is 1.50 bits per heavy atom. The molecule has 82 valence electrons. The number of nitrogens with two attached hydrogens (primary N) is 1. The summed E-state index contributed by atoms with van der Waals surface area (Å²) in [5, 5.41) is 13.4. The Kier molecular flexibility index (Phi) is 2.38. The Morgan fingerprint density at radius 2 is 2.25 bits per heavy atom. The fourth-order valence-electron chi connectivity index (χ4n) is 1.28. The fraction of sp³-hybridized carbons (Fsp3) is 0.111. The molecule has 0 saturated carbocycles. The van der Waals surface area contributed by atoms with Crippen molar-refractivity contribution in [3.63, 3.8) is 0 Å². The van der Waals surface area contributed by atoms with E-state index in [1.165, 1.54) is 18.2 Å². The van der Waals surface area contributed by atoms with Crippen molar-refractivity contribution in [2.24, 2.45) is 5.14 Å². The van der Waals surface area contributed by atoms with Crippen LogP contribution < -0.4 is 5.14 Å². The monoisotopic (exact) mass is 237 g/mol. The van der Waals surface area contributed by atoms with Crippen LogP contribution in [0.2, 0.25) is 0 Å². The quantitative estimate of drug-likeness (QED) is 0.819. The molecule has 2 rings (SSSR count). The van der Waals surface area contributed by atoms with Crippen molar-refractivity contribution >= 4 is 21.1 Å². The number of oxazole rings is 1. The van der Waals surface area contributed by atoms with Gasteiger partial charge >= 0.3 is 0 Å². The highest BCUT2D eigenvalue weighted by Crippen LogP contribution is 2.19. The molecule has 0 amide bonds. The summed E-state index contributed by atoms with van der Waals surface area (Å²) in [5.41, 5.74) is 0.800. The first kappa shape index (κ1) is 10.6. The second kappa shape index (κ2) is 3.59. The van der Waals surface area contributed by atoms with Gasteiger partial charge in [0, 0.05) is 0 Å². The number of nitrogens with zero attached hydrogens (tertiary/aromatic N) is 2. The molecule has 0 aliphatic carbocycles. The molecule has 7 heteroatoms. The fourth-order valence-corrected chi connectivity index (χ4v) is 1.81. The van der Waals surface area contributed by atoms with Gasteiger partial charge in [-0.05, 0) is 18.2 Å². The molecule has 16 heavy (non-hydrogen) atoms. The minimum Gasteiger partial charge on any atom is -0.440 e. The molecule has 1 aromatic heterocycles. The summed E-state index contributed by atoms with van der Waals surface area (Å²) < 4.78 is 27.4. The summed E-state index contributed by atoms with van der Waals surface area (Å²) >= 11 is 0. The van der Waals surface area contributed by atoms with Gasteiger partial charge in [0.05, 0.1) is 11.0 Å². The van der Waals surface area contributed by atoms with Gasteiger partial charge in [-0.25, -0.2) is 18.5 Å². The lowest BCUT2D eigenvalue weighted by atomic mass is 10.3. The Labute approximate surface area is 91.4 Å². The minimum absolute atomic E-state index is 0.0307. The lowest BCUT2D eigenvalue weighted by Crippen LogP contribution is -2.11. The first-order chi connectivity index (χ1) is 7.50. The van der Waals surface area contributed by atoms with Gasteiger partial charge in [0.1, 0.15) is 11.9 Å². The van der Waals surface area contributed by atoms with Crippen LogP contribution in [-0.2, 0) is 16.4 Å². The zero-order valence-electron chi connectivity index (χ0n) is 8.04. The third kappa shape index (κ3) is 1.88. The highest BCUT2D eigenvalue weighted by Gasteiger charge is 2.11. The number of rotatable bonds is 2. The average Bonchev–Trinajstić information content (AvgIpc) is 2.57. The first-order valence-corrected chi connectivity index (χ1v) is 5.84. The molecule has 6 nitrogen and oxygen atoms in total. The molecule has 0 bridgehead atoms. The van der Waals surface area contributed by atoms with Gasteiger partial charge in [0.15, 0.2) is 5.58 Å². The van der Waals surface area contributed by atoms with Crippen LogP contribution in [0, 0.1) is 11.3 Å². The number of benzene rings is 1. The molecule has 0 unspecified atom stereocenters. The van der Waals surface area contributed by atoms with Crippen molar-refractivity contribution in [1.82, 2.24) is 4.98 Å². The number of fused-ring (bicyclic) bond motifs is 1. The topological polar surface area (TPSA) is 110 Å². The zero-order chi connectivity index (χ0) is 11.8. The molecular weight excluding hydrogens is 230 g/mol. The second-order valence-corrected chi connectivity index (χ2v) is 4.68. The van der Waals surface area contributed by atoms with E-state index >= 15 is 0 Å². The molecule has 1 heterocycles. The first-order valence-electron chi connectivity index (χ1n) is 4.30. The highest BCUT2D eigenvalue weighted by atomic mass is 32.2.